The second-order valence-corrected chi connectivity index (χ2v) is 5.57. The van der Waals surface area contributed by atoms with Gasteiger partial charge in [0.1, 0.15) is 17.5 Å². The van der Waals surface area contributed by atoms with Gasteiger partial charge < -0.3 is 20.7 Å². The molecule has 1 aliphatic heterocycles. The fourth-order valence-corrected chi connectivity index (χ4v) is 2.47. The molecule has 1 saturated heterocycles. The lowest BCUT2D eigenvalue weighted by Gasteiger charge is -2.27. The van der Waals surface area contributed by atoms with Crippen LogP contribution in [0.2, 0.25) is 0 Å². The Morgan fingerprint density at radius 1 is 1.24 bits per heavy atom. The Morgan fingerprint density at radius 3 is 2.84 bits per heavy atom. The van der Waals surface area contributed by atoms with E-state index in [2.05, 4.69) is 20.2 Å². The largest absolute Gasteiger partial charge is 0.378 e. The summed E-state index contributed by atoms with van der Waals surface area (Å²) in [5.74, 6) is -0.285. The third-order valence-corrected chi connectivity index (χ3v) is 3.77. The lowest BCUT2D eigenvalue weighted by molar-refractivity contribution is 0.122. The topological polar surface area (TPSA) is 75.8 Å². The van der Waals surface area contributed by atoms with E-state index in [1.165, 1.54) is 0 Å². The SMILES string of the molecule is NC(=NCc1ccnc(N2CCOCC2)c1)Nc1cc(F)ccc1F. The first-order valence-corrected chi connectivity index (χ1v) is 7.91. The second-order valence-electron chi connectivity index (χ2n) is 5.57. The van der Waals surface area contributed by atoms with Crippen molar-refractivity contribution >= 4 is 17.5 Å². The van der Waals surface area contributed by atoms with Crippen molar-refractivity contribution in [3.63, 3.8) is 0 Å². The lowest BCUT2D eigenvalue weighted by Crippen LogP contribution is -2.36. The number of nitrogens with two attached hydrogens (primary N) is 1. The van der Waals surface area contributed by atoms with Gasteiger partial charge in [-0.3, -0.25) is 0 Å². The Bertz CT molecular complexity index is 762. The van der Waals surface area contributed by atoms with Gasteiger partial charge in [-0.2, -0.15) is 0 Å². The molecular weight excluding hydrogens is 328 g/mol. The van der Waals surface area contributed by atoms with Crippen LogP contribution in [-0.2, 0) is 11.3 Å². The first-order chi connectivity index (χ1) is 12.1. The van der Waals surface area contributed by atoms with E-state index in [9.17, 15) is 8.78 Å². The van der Waals surface area contributed by atoms with Crippen LogP contribution in [0.4, 0.5) is 20.3 Å². The normalized spacial score (nSPS) is 15.3. The second kappa shape index (κ2) is 7.89. The molecule has 0 atom stereocenters. The van der Waals surface area contributed by atoms with Gasteiger partial charge in [-0.15, -0.1) is 0 Å². The smallest absolute Gasteiger partial charge is 0.193 e. The molecule has 132 valence electrons. The van der Waals surface area contributed by atoms with E-state index >= 15 is 0 Å². The van der Waals surface area contributed by atoms with E-state index in [0.717, 1.165) is 42.7 Å². The zero-order chi connectivity index (χ0) is 17.6. The van der Waals surface area contributed by atoms with Gasteiger partial charge in [-0.1, -0.05) is 0 Å². The third-order valence-electron chi connectivity index (χ3n) is 3.77. The van der Waals surface area contributed by atoms with Crippen molar-refractivity contribution in [2.75, 3.05) is 36.5 Å². The third kappa shape index (κ3) is 4.63. The molecule has 1 aromatic carbocycles. The molecule has 25 heavy (non-hydrogen) atoms. The molecule has 1 aliphatic rings. The van der Waals surface area contributed by atoms with Crippen molar-refractivity contribution in [3.05, 3.63) is 53.7 Å². The number of anilines is 2. The number of halogens is 2. The number of aromatic nitrogens is 1. The number of aliphatic imine (C=N–C) groups is 1. The van der Waals surface area contributed by atoms with Crippen molar-refractivity contribution in [2.45, 2.75) is 6.54 Å². The maximum atomic E-state index is 13.6. The molecule has 0 aliphatic carbocycles. The van der Waals surface area contributed by atoms with Gasteiger partial charge in [-0.05, 0) is 29.8 Å². The molecule has 2 aromatic rings. The van der Waals surface area contributed by atoms with Crippen LogP contribution in [0.25, 0.3) is 0 Å². The number of hydrogen-bond donors (Lipinski definition) is 2. The van der Waals surface area contributed by atoms with Crippen LogP contribution in [0.3, 0.4) is 0 Å². The summed E-state index contributed by atoms with van der Waals surface area (Å²) < 4.78 is 32.1. The molecular formula is C17H19F2N5O. The summed E-state index contributed by atoms with van der Waals surface area (Å²) in [6.45, 7) is 3.25. The van der Waals surface area contributed by atoms with E-state index in [-0.39, 0.29) is 11.6 Å². The van der Waals surface area contributed by atoms with Gasteiger partial charge in [0, 0.05) is 25.4 Å². The maximum Gasteiger partial charge on any atom is 0.193 e. The van der Waals surface area contributed by atoms with E-state index in [0.29, 0.717) is 19.8 Å². The highest BCUT2D eigenvalue weighted by atomic mass is 19.1. The highest BCUT2D eigenvalue weighted by Crippen LogP contribution is 2.16. The molecule has 0 radical (unpaired) electrons. The average molecular weight is 347 g/mol. The van der Waals surface area contributed by atoms with Crippen LogP contribution in [0, 0.1) is 11.6 Å². The van der Waals surface area contributed by atoms with E-state index in [1.807, 2.05) is 12.1 Å². The van der Waals surface area contributed by atoms with Crippen molar-refractivity contribution in [1.82, 2.24) is 4.98 Å². The Kier molecular flexibility index (Phi) is 5.39. The number of ether oxygens (including phenoxy) is 1. The fraction of sp³-hybridized carbons (Fsp3) is 0.294. The Balaban J connectivity index is 1.65. The quantitative estimate of drug-likeness (QED) is 0.655. The number of benzene rings is 1. The standard InChI is InChI=1S/C17H19F2N5O/c18-13-1-2-14(19)15(10-13)23-17(20)22-11-12-3-4-21-16(9-12)24-5-7-25-8-6-24/h1-4,9-10H,5-8,11H2,(H3,20,22,23). The molecule has 1 fully saturated rings. The van der Waals surface area contributed by atoms with Crippen molar-refractivity contribution in [1.29, 1.82) is 0 Å². The minimum absolute atomic E-state index is 0.00855. The number of nitrogens with one attached hydrogen (secondary N) is 1. The predicted molar refractivity (Wildman–Crippen MR) is 92.6 cm³/mol. The Morgan fingerprint density at radius 2 is 2.04 bits per heavy atom. The molecule has 0 saturated carbocycles. The summed E-state index contributed by atoms with van der Waals surface area (Å²) in [5.41, 5.74) is 6.63. The molecule has 0 bridgehead atoms. The minimum atomic E-state index is -0.599. The molecule has 0 unspecified atom stereocenters. The van der Waals surface area contributed by atoms with Gasteiger partial charge in [0.05, 0.1) is 25.4 Å². The van der Waals surface area contributed by atoms with E-state index < -0.39 is 11.6 Å². The van der Waals surface area contributed by atoms with E-state index in [4.69, 9.17) is 10.5 Å². The highest BCUT2D eigenvalue weighted by Gasteiger charge is 2.12. The highest BCUT2D eigenvalue weighted by molar-refractivity contribution is 5.92. The first kappa shape index (κ1) is 17.1. The van der Waals surface area contributed by atoms with Crippen LogP contribution in [0.5, 0.6) is 0 Å². The molecule has 3 rings (SSSR count). The molecule has 0 amide bonds. The Hall–Kier alpha value is -2.74. The number of hydrogen-bond acceptors (Lipinski definition) is 4. The molecule has 8 heteroatoms. The monoisotopic (exact) mass is 347 g/mol. The van der Waals surface area contributed by atoms with E-state index in [1.54, 1.807) is 6.20 Å². The summed E-state index contributed by atoms with van der Waals surface area (Å²) in [6, 6.07) is 6.87. The van der Waals surface area contributed by atoms with Crippen LogP contribution >= 0.6 is 0 Å². The lowest BCUT2D eigenvalue weighted by atomic mass is 10.2. The molecule has 2 heterocycles. The summed E-state index contributed by atoms with van der Waals surface area (Å²) in [6.07, 6.45) is 1.71. The first-order valence-electron chi connectivity index (χ1n) is 7.91. The van der Waals surface area contributed by atoms with Gasteiger partial charge in [-0.25, -0.2) is 18.8 Å². The molecule has 1 aromatic heterocycles. The Labute approximate surface area is 144 Å². The summed E-state index contributed by atoms with van der Waals surface area (Å²) >= 11 is 0. The van der Waals surface area contributed by atoms with Crippen LogP contribution < -0.4 is 16.0 Å². The summed E-state index contributed by atoms with van der Waals surface area (Å²) in [4.78, 5) is 10.7. The van der Waals surface area contributed by atoms with Gasteiger partial charge in [0.2, 0.25) is 0 Å². The van der Waals surface area contributed by atoms with Gasteiger partial charge in [0.15, 0.2) is 5.96 Å². The number of morpholine rings is 1. The number of pyridine rings is 1. The van der Waals surface area contributed by atoms with Crippen molar-refractivity contribution < 1.29 is 13.5 Å². The maximum absolute atomic E-state index is 13.6. The molecule has 0 spiro atoms. The fourth-order valence-electron chi connectivity index (χ4n) is 2.47. The zero-order valence-corrected chi connectivity index (χ0v) is 13.6. The van der Waals surface area contributed by atoms with Crippen LogP contribution in [-0.4, -0.2) is 37.2 Å². The number of rotatable bonds is 4. The predicted octanol–water partition coefficient (Wildman–Crippen LogP) is 2.12. The zero-order valence-electron chi connectivity index (χ0n) is 13.6. The summed E-state index contributed by atoms with van der Waals surface area (Å²) in [5, 5.41) is 2.57. The van der Waals surface area contributed by atoms with Crippen molar-refractivity contribution in [3.8, 4) is 0 Å². The summed E-state index contributed by atoms with van der Waals surface area (Å²) in [7, 11) is 0. The van der Waals surface area contributed by atoms with Gasteiger partial charge >= 0.3 is 0 Å². The molecule has 3 N–H and O–H groups in total. The van der Waals surface area contributed by atoms with Crippen LogP contribution in [0.15, 0.2) is 41.5 Å². The molecule has 6 nitrogen and oxygen atoms in total. The minimum Gasteiger partial charge on any atom is -0.378 e. The van der Waals surface area contributed by atoms with Crippen molar-refractivity contribution in [2.24, 2.45) is 10.7 Å². The number of guanidine groups is 1. The van der Waals surface area contributed by atoms with Gasteiger partial charge in [0.25, 0.3) is 0 Å². The van der Waals surface area contributed by atoms with Crippen LogP contribution in [0.1, 0.15) is 5.56 Å². The number of nitrogens with zero attached hydrogens (tertiary/aromatic N) is 3. The average Bonchev–Trinajstić information content (AvgIpc) is 2.64.